The van der Waals surface area contributed by atoms with Crippen molar-refractivity contribution in [1.29, 1.82) is 0 Å². The first-order valence-electron chi connectivity index (χ1n) is 9.91. The van der Waals surface area contributed by atoms with Gasteiger partial charge in [0, 0.05) is 24.0 Å². The van der Waals surface area contributed by atoms with Gasteiger partial charge in [-0.2, -0.15) is 0 Å². The van der Waals surface area contributed by atoms with Crippen molar-refractivity contribution >= 4 is 27.7 Å². The third-order valence-corrected chi connectivity index (χ3v) is 5.14. The summed E-state index contributed by atoms with van der Waals surface area (Å²) in [5, 5.41) is 2.80. The molecular formula is C23H29BrN2O3. The van der Waals surface area contributed by atoms with Gasteiger partial charge in [0.2, 0.25) is 11.8 Å². The average molecular weight is 461 g/mol. The van der Waals surface area contributed by atoms with Crippen molar-refractivity contribution in [3.05, 3.63) is 64.1 Å². The smallest absolute Gasteiger partial charge is 0.242 e. The van der Waals surface area contributed by atoms with Crippen molar-refractivity contribution in [1.82, 2.24) is 10.2 Å². The van der Waals surface area contributed by atoms with Crippen LogP contribution in [0.25, 0.3) is 0 Å². The van der Waals surface area contributed by atoms with E-state index in [0.29, 0.717) is 32.5 Å². The van der Waals surface area contributed by atoms with Crippen LogP contribution in [-0.4, -0.2) is 35.9 Å². The standard InChI is InChI=1S/C23H29BrN2O3/c1-4-25-23(28)18(3)26(16-19-9-11-20(24)12-10-19)22(27)6-5-15-29-21-13-7-17(2)8-14-21/h7-14,18H,4-6,15-16H2,1-3H3,(H,25,28)/t18-/m1/s1. The number of likely N-dealkylation sites (N-methyl/N-ethyl adjacent to an activating group) is 1. The number of nitrogens with one attached hydrogen (secondary N) is 1. The van der Waals surface area contributed by atoms with Gasteiger partial charge in [-0.1, -0.05) is 45.8 Å². The van der Waals surface area contributed by atoms with Crippen LogP contribution >= 0.6 is 15.9 Å². The van der Waals surface area contributed by atoms with E-state index in [0.717, 1.165) is 15.8 Å². The summed E-state index contributed by atoms with van der Waals surface area (Å²) in [6, 6.07) is 15.1. The van der Waals surface area contributed by atoms with Gasteiger partial charge in [0.15, 0.2) is 0 Å². The van der Waals surface area contributed by atoms with E-state index in [1.54, 1.807) is 11.8 Å². The third kappa shape index (κ3) is 7.54. The lowest BCUT2D eigenvalue weighted by Crippen LogP contribution is -2.47. The largest absolute Gasteiger partial charge is 0.494 e. The van der Waals surface area contributed by atoms with Crippen molar-refractivity contribution in [3.8, 4) is 5.75 Å². The van der Waals surface area contributed by atoms with Gasteiger partial charge in [-0.25, -0.2) is 0 Å². The minimum Gasteiger partial charge on any atom is -0.494 e. The number of benzene rings is 2. The molecule has 1 N–H and O–H groups in total. The van der Waals surface area contributed by atoms with Crippen LogP contribution in [0, 0.1) is 6.92 Å². The van der Waals surface area contributed by atoms with Crippen LogP contribution in [0.3, 0.4) is 0 Å². The second kappa shape index (κ2) is 11.6. The van der Waals surface area contributed by atoms with Crippen molar-refractivity contribution in [2.45, 2.75) is 46.2 Å². The Morgan fingerprint density at radius 1 is 1.10 bits per heavy atom. The topological polar surface area (TPSA) is 58.6 Å². The van der Waals surface area contributed by atoms with E-state index in [9.17, 15) is 9.59 Å². The number of hydrogen-bond donors (Lipinski definition) is 1. The molecule has 0 aliphatic rings. The van der Waals surface area contributed by atoms with Gasteiger partial charge in [-0.3, -0.25) is 9.59 Å². The van der Waals surface area contributed by atoms with Crippen molar-refractivity contribution < 1.29 is 14.3 Å². The van der Waals surface area contributed by atoms with Gasteiger partial charge >= 0.3 is 0 Å². The average Bonchev–Trinajstić information content (AvgIpc) is 2.71. The summed E-state index contributed by atoms with van der Waals surface area (Å²) in [6.45, 7) is 7.05. The number of amides is 2. The van der Waals surface area contributed by atoms with E-state index in [-0.39, 0.29) is 11.8 Å². The second-order valence-electron chi connectivity index (χ2n) is 6.98. The molecule has 156 valence electrons. The molecule has 0 fully saturated rings. The van der Waals surface area contributed by atoms with Crippen molar-refractivity contribution in [3.63, 3.8) is 0 Å². The van der Waals surface area contributed by atoms with Crippen LogP contribution in [0.2, 0.25) is 0 Å². The molecule has 2 amide bonds. The van der Waals surface area contributed by atoms with Crippen molar-refractivity contribution in [2.75, 3.05) is 13.2 Å². The van der Waals surface area contributed by atoms with Gasteiger partial charge in [0.05, 0.1) is 6.61 Å². The second-order valence-corrected chi connectivity index (χ2v) is 7.90. The Labute approximate surface area is 181 Å². The molecule has 2 rings (SSSR count). The van der Waals surface area contributed by atoms with Crippen LogP contribution in [0.4, 0.5) is 0 Å². The molecule has 2 aromatic carbocycles. The van der Waals surface area contributed by atoms with Gasteiger partial charge in [0.1, 0.15) is 11.8 Å². The zero-order valence-corrected chi connectivity index (χ0v) is 18.9. The fourth-order valence-electron chi connectivity index (χ4n) is 2.88. The minimum absolute atomic E-state index is 0.0563. The molecule has 2 aromatic rings. The predicted molar refractivity (Wildman–Crippen MR) is 119 cm³/mol. The van der Waals surface area contributed by atoms with Crippen LogP contribution in [0.5, 0.6) is 5.75 Å². The van der Waals surface area contributed by atoms with Gasteiger partial charge in [-0.05, 0) is 57.0 Å². The number of halogens is 1. The molecule has 0 bridgehead atoms. The Hall–Kier alpha value is -2.34. The number of hydrogen-bond acceptors (Lipinski definition) is 3. The van der Waals surface area contributed by atoms with Gasteiger partial charge < -0.3 is 15.0 Å². The highest BCUT2D eigenvalue weighted by Gasteiger charge is 2.25. The van der Waals surface area contributed by atoms with Crippen molar-refractivity contribution in [2.24, 2.45) is 0 Å². The lowest BCUT2D eigenvalue weighted by molar-refractivity contribution is -0.140. The molecule has 1 atom stereocenters. The molecule has 0 spiro atoms. The Kier molecular flexibility index (Phi) is 9.19. The number of carbonyl (C=O) groups excluding carboxylic acids is 2. The van der Waals surface area contributed by atoms with Crippen LogP contribution < -0.4 is 10.1 Å². The number of rotatable bonds is 10. The van der Waals surface area contributed by atoms with Crippen LogP contribution in [0.1, 0.15) is 37.8 Å². The molecular weight excluding hydrogens is 432 g/mol. The van der Waals surface area contributed by atoms with E-state index in [4.69, 9.17) is 4.74 Å². The number of carbonyl (C=O) groups is 2. The summed E-state index contributed by atoms with van der Waals surface area (Å²) in [5.41, 5.74) is 2.16. The lowest BCUT2D eigenvalue weighted by Gasteiger charge is -2.28. The summed E-state index contributed by atoms with van der Waals surface area (Å²) in [5.74, 6) is 0.596. The molecule has 0 radical (unpaired) electrons. The van der Waals surface area contributed by atoms with Gasteiger partial charge in [-0.15, -0.1) is 0 Å². The Balaban J connectivity index is 1.96. The highest BCUT2D eigenvalue weighted by molar-refractivity contribution is 9.10. The lowest BCUT2D eigenvalue weighted by atomic mass is 10.1. The first-order valence-corrected chi connectivity index (χ1v) is 10.7. The van der Waals surface area contributed by atoms with E-state index in [2.05, 4.69) is 21.2 Å². The first kappa shape index (κ1) is 22.9. The highest BCUT2D eigenvalue weighted by Crippen LogP contribution is 2.16. The molecule has 6 heteroatoms. The molecule has 5 nitrogen and oxygen atoms in total. The predicted octanol–water partition coefficient (Wildman–Crippen LogP) is 4.47. The molecule has 0 aliphatic heterocycles. The van der Waals surface area contributed by atoms with E-state index >= 15 is 0 Å². The van der Waals surface area contributed by atoms with E-state index in [1.165, 1.54) is 5.56 Å². The highest BCUT2D eigenvalue weighted by atomic mass is 79.9. The third-order valence-electron chi connectivity index (χ3n) is 4.61. The zero-order chi connectivity index (χ0) is 21.2. The Morgan fingerprint density at radius 2 is 1.76 bits per heavy atom. The zero-order valence-electron chi connectivity index (χ0n) is 17.3. The molecule has 0 saturated heterocycles. The summed E-state index contributed by atoms with van der Waals surface area (Å²) in [6.07, 6.45) is 0.914. The Bertz CT molecular complexity index is 791. The monoisotopic (exact) mass is 460 g/mol. The van der Waals surface area contributed by atoms with Crippen LogP contribution in [-0.2, 0) is 16.1 Å². The number of nitrogens with zero attached hydrogens (tertiary/aromatic N) is 1. The first-order chi connectivity index (χ1) is 13.9. The maximum Gasteiger partial charge on any atom is 0.242 e. The molecule has 0 unspecified atom stereocenters. The number of aryl methyl sites for hydroxylation is 1. The fourth-order valence-corrected chi connectivity index (χ4v) is 3.15. The maximum atomic E-state index is 12.9. The SMILES string of the molecule is CCNC(=O)[C@@H](C)N(Cc1ccc(Br)cc1)C(=O)CCCOc1ccc(C)cc1. The molecule has 0 heterocycles. The summed E-state index contributed by atoms with van der Waals surface area (Å²) in [4.78, 5) is 26.9. The molecule has 29 heavy (non-hydrogen) atoms. The maximum absolute atomic E-state index is 12.9. The van der Waals surface area contributed by atoms with Crippen LogP contribution in [0.15, 0.2) is 53.0 Å². The minimum atomic E-state index is -0.538. The quantitative estimate of drug-likeness (QED) is 0.532. The summed E-state index contributed by atoms with van der Waals surface area (Å²) >= 11 is 3.42. The molecule has 0 aliphatic carbocycles. The summed E-state index contributed by atoms with van der Waals surface area (Å²) < 4.78 is 6.69. The fraction of sp³-hybridized carbons (Fsp3) is 0.391. The van der Waals surface area contributed by atoms with E-state index < -0.39 is 6.04 Å². The molecule has 0 saturated carbocycles. The normalized spacial score (nSPS) is 11.6. The molecule has 0 aromatic heterocycles. The summed E-state index contributed by atoms with van der Waals surface area (Å²) in [7, 11) is 0. The van der Waals surface area contributed by atoms with E-state index in [1.807, 2.05) is 62.4 Å². The number of ether oxygens (including phenoxy) is 1. The van der Waals surface area contributed by atoms with Gasteiger partial charge in [0.25, 0.3) is 0 Å². The Morgan fingerprint density at radius 3 is 2.38 bits per heavy atom.